The third kappa shape index (κ3) is 3.71. The predicted molar refractivity (Wildman–Crippen MR) is 47.1 cm³/mol. The molecule has 1 atom stereocenters. The van der Waals surface area contributed by atoms with Crippen LogP contribution < -0.4 is 5.73 Å². The number of hydrogen-bond acceptors (Lipinski definition) is 3. The summed E-state index contributed by atoms with van der Waals surface area (Å²) in [6.07, 6.45) is 2.91. The Kier molecular flexibility index (Phi) is 3.45. The van der Waals surface area contributed by atoms with Crippen molar-refractivity contribution in [1.82, 2.24) is 10.2 Å². The summed E-state index contributed by atoms with van der Waals surface area (Å²) in [6, 6.07) is 1.72. The molecule has 4 N–H and O–H groups in total. The zero-order valence-corrected chi connectivity index (χ0v) is 7.23. The molecule has 0 radical (unpaired) electrons. The average Bonchev–Trinajstić information content (AvgIpc) is 2.53. The molecule has 0 aliphatic rings. The molecule has 0 bridgehead atoms. The van der Waals surface area contributed by atoms with Crippen LogP contribution in [0.2, 0.25) is 0 Å². The van der Waals surface area contributed by atoms with E-state index in [0.29, 0.717) is 12.8 Å². The topological polar surface area (TPSA) is 92.0 Å². The number of aliphatic carboxylic acids is 1. The number of carboxylic acid groups (broad SMARTS) is 1. The van der Waals surface area contributed by atoms with Gasteiger partial charge < -0.3 is 10.8 Å². The number of hydrogen-bond donors (Lipinski definition) is 3. The van der Waals surface area contributed by atoms with Crippen LogP contribution in [0.4, 0.5) is 0 Å². The fraction of sp³-hybridized carbons (Fsp3) is 0.500. The van der Waals surface area contributed by atoms with Crippen molar-refractivity contribution in [2.75, 3.05) is 0 Å². The lowest BCUT2D eigenvalue weighted by Gasteiger charge is -2.07. The Balaban J connectivity index is 2.25. The maximum atomic E-state index is 10.2. The highest BCUT2D eigenvalue weighted by molar-refractivity contribution is 5.66. The van der Waals surface area contributed by atoms with Crippen molar-refractivity contribution in [2.45, 2.75) is 25.3 Å². The Hall–Kier alpha value is -1.36. The Morgan fingerprint density at radius 3 is 3.08 bits per heavy atom. The Morgan fingerprint density at radius 2 is 2.54 bits per heavy atom. The molecule has 0 aliphatic heterocycles. The van der Waals surface area contributed by atoms with Crippen LogP contribution in [0.25, 0.3) is 0 Å². The highest BCUT2D eigenvalue weighted by atomic mass is 16.4. The van der Waals surface area contributed by atoms with Crippen LogP contribution in [0.1, 0.15) is 18.5 Å². The molecule has 1 aromatic heterocycles. The highest BCUT2D eigenvalue weighted by Gasteiger charge is 2.07. The summed E-state index contributed by atoms with van der Waals surface area (Å²) in [5, 5.41) is 15.0. The van der Waals surface area contributed by atoms with E-state index in [0.717, 1.165) is 5.69 Å². The van der Waals surface area contributed by atoms with E-state index in [-0.39, 0.29) is 12.5 Å². The summed E-state index contributed by atoms with van der Waals surface area (Å²) in [5.74, 6) is -0.805. The molecule has 1 rings (SSSR count). The molecule has 5 nitrogen and oxygen atoms in total. The number of nitrogens with zero attached hydrogens (tertiary/aromatic N) is 1. The standard InChI is InChI=1S/C8H13N3O2/c9-6(1-2-8(12)13)5-7-3-4-10-11-7/h3-4,6H,1-2,5,9H2,(H,10,11)(H,12,13). The molecule has 5 heteroatoms. The quantitative estimate of drug-likeness (QED) is 0.605. The smallest absolute Gasteiger partial charge is 0.303 e. The number of nitrogens with one attached hydrogen (secondary N) is 1. The summed E-state index contributed by atoms with van der Waals surface area (Å²) in [4.78, 5) is 10.2. The minimum atomic E-state index is -0.805. The van der Waals surface area contributed by atoms with Gasteiger partial charge in [0.05, 0.1) is 0 Å². The molecule has 1 heterocycles. The zero-order chi connectivity index (χ0) is 9.68. The fourth-order valence-corrected chi connectivity index (χ4v) is 1.09. The van der Waals surface area contributed by atoms with Gasteiger partial charge in [-0.1, -0.05) is 0 Å². The summed E-state index contributed by atoms with van der Waals surface area (Å²) in [7, 11) is 0. The first-order valence-corrected chi connectivity index (χ1v) is 4.14. The minimum Gasteiger partial charge on any atom is -0.481 e. The molecule has 0 aromatic carbocycles. The molecular formula is C8H13N3O2. The third-order valence-electron chi connectivity index (χ3n) is 1.77. The number of H-pyrrole nitrogens is 1. The van der Waals surface area contributed by atoms with Crippen LogP contribution in [-0.4, -0.2) is 27.3 Å². The van der Waals surface area contributed by atoms with Gasteiger partial charge >= 0.3 is 5.97 Å². The van der Waals surface area contributed by atoms with Gasteiger partial charge in [0.2, 0.25) is 0 Å². The van der Waals surface area contributed by atoms with Crippen LogP contribution in [-0.2, 0) is 11.2 Å². The van der Waals surface area contributed by atoms with E-state index < -0.39 is 5.97 Å². The van der Waals surface area contributed by atoms with Gasteiger partial charge in [0, 0.05) is 30.8 Å². The number of aromatic amines is 1. The lowest BCUT2D eigenvalue weighted by Crippen LogP contribution is -2.23. The van der Waals surface area contributed by atoms with Crippen molar-refractivity contribution in [3.63, 3.8) is 0 Å². The van der Waals surface area contributed by atoms with Crippen LogP contribution in [0.3, 0.4) is 0 Å². The minimum absolute atomic E-state index is 0.114. The first-order valence-electron chi connectivity index (χ1n) is 4.14. The maximum Gasteiger partial charge on any atom is 0.303 e. The van der Waals surface area contributed by atoms with E-state index in [1.54, 1.807) is 6.20 Å². The lowest BCUT2D eigenvalue weighted by molar-refractivity contribution is -0.137. The largest absolute Gasteiger partial charge is 0.481 e. The number of nitrogens with two attached hydrogens (primary N) is 1. The van der Waals surface area contributed by atoms with Crippen molar-refractivity contribution >= 4 is 5.97 Å². The van der Waals surface area contributed by atoms with E-state index in [4.69, 9.17) is 10.8 Å². The monoisotopic (exact) mass is 183 g/mol. The summed E-state index contributed by atoms with van der Waals surface area (Å²) >= 11 is 0. The van der Waals surface area contributed by atoms with Gasteiger partial charge in [-0.3, -0.25) is 9.89 Å². The van der Waals surface area contributed by atoms with Gasteiger partial charge in [-0.2, -0.15) is 5.10 Å². The van der Waals surface area contributed by atoms with Crippen LogP contribution in [0.15, 0.2) is 12.3 Å². The zero-order valence-electron chi connectivity index (χ0n) is 7.23. The molecule has 1 unspecified atom stereocenters. The van der Waals surface area contributed by atoms with Gasteiger partial charge in [0.25, 0.3) is 0 Å². The Labute approximate surface area is 75.9 Å². The fourth-order valence-electron chi connectivity index (χ4n) is 1.09. The summed E-state index contributed by atoms with van der Waals surface area (Å²) in [5.41, 5.74) is 6.64. The molecule has 0 aliphatic carbocycles. The lowest BCUT2D eigenvalue weighted by atomic mass is 10.1. The molecule has 0 amide bonds. The Bertz CT molecular complexity index is 258. The van der Waals surface area contributed by atoms with Gasteiger partial charge in [0.1, 0.15) is 0 Å². The first-order chi connectivity index (χ1) is 6.18. The van der Waals surface area contributed by atoms with Crippen LogP contribution in [0.5, 0.6) is 0 Å². The van der Waals surface area contributed by atoms with E-state index >= 15 is 0 Å². The molecule has 0 fully saturated rings. The normalized spacial score (nSPS) is 12.7. The predicted octanol–water partition coefficient (Wildman–Crippen LogP) is 0.144. The van der Waals surface area contributed by atoms with Crippen molar-refractivity contribution < 1.29 is 9.90 Å². The van der Waals surface area contributed by atoms with Crippen LogP contribution in [0, 0.1) is 0 Å². The number of carbonyl (C=O) groups is 1. The maximum absolute atomic E-state index is 10.2. The van der Waals surface area contributed by atoms with Gasteiger partial charge in [-0.15, -0.1) is 0 Å². The van der Waals surface area contributed by atoms with Crippen molar-refractivity contribution in [3.8, 4) is 0 Å². The van der Waals surface area contributed by atoms with Gasteiger partial charge in [-0.05, 0) is 12.5 Å². The molecule has 0 saturated heterocycles. The molecule has 72 valence electrons. The second-order valence-electron chi connectivity index (χ2n) is 2.98. The summed E-state index contributed by atoms with van der Waals surface area (Å²) < 4.78 is 0. The van der Waals surface area contributed by atoms with Crippen molar-refractivity contribution in [2.24, 2.45) is 5.73 Å². The van der Waals surface area contributed by atoms with E-state index in [1.807, 2.05) is 6.07 Å². The summed E-state index contributed by atoms with van der Waals surface area (Å²) in [6.45, 7) is 0. The molecule has 0 spiro atoms. The first kappa shape index (κ1) is 9.73. The van der Waals surface area contributed by atoms with Crippen molar-refractivity contribution in [1.29, 1.82) is 0 Å². The Morgan fingerprint density at radius 1 is 1.77 bits per heavy atom. The number of rotatable bonds is 5. The SMILES string of the molecule is NC(CCC(=O)O)Cc1ccn[nH]1. The number of aromatic nitrogens is 2. The highest BCUT2D eigenvalue weighted by Crippen LogP contribution is 2.02. The second kappa shape index (κ2) is 4.61. The van der Waals surface area contributed by atoms with E-state index in [1.165, 1.54) is 0 Å². The van der Waals surface area contributed by atoms with Crippen molar-refractivity contribution in [3.05, 3.63) is 18.0 Å². The number of carboxylic acids is 1. The van der Waals surface area contributed by atoms with E-state index in [2.05, 4.69) is 10.2 Å². The van der Waals surface area contributed by atoms with Gasteiger partial charge in [-0.25, -0.2) is 0 Å². The van der Waals surface area contributed by atoms with Gasteiger partial charge in [0.15, 0.2) is 0 Å². The third-order valence-corrected chi connectivity index (χ3v) is 1.77. The second-order valence-corrected chi connectivity index (χ2v) is 2.98. The molecule has 13 heavy (non-hydrogen) atoms. The molecule has 0 saturated carbocycles. The van der Waals surface area contributed by atoms with E-state index in [9.17, 15) is 4.79 Å². The molecular weight excluding hydrogens is 170 g/mol. The molecule has 1 aromatic rings. The average molecular weight is 183 g/mol. The van der Waals surface area contributed by atoms with Crippen LogP contribution >= 0.6 is 0 Å².